The van der Waals surface area contributed by atoms with Crippen molar-refractivity contribution in [3.05, 3.63) is 35.4 Å². The normalized spacial score (nSPS) is 10.5. The lowest BCUT2D eigenvalue weighted by Crippen LogP contribution is -2.27. The number of amides is 1. The zero-order chi connectivity index (χ0) is 16.3. The van der Waals surface area contributed by atoms with Gasteiger partial charge in [0.25, 0.3) is 5.91 Å². The zero-order valence-corrected chi connectivity index (χ0v) is 13.1. The van der Waals surface area contributed by atoms with Gasteiger partial charge >= 0.3 is 5.97 Å². The Kier molecular flexibility index (Phi) is 4.59. The molecule has 2 rings (SSSR count). The molecule has 0 unspecified atom stereocenters. The summed E-state index contributed by atoms with van der Waals surface area (Å²) in [6.45, 7) is 2.40. The maximum atomic E-state index is 12.4. The van der Waals surface area contributed by atoms with E-state index in [1.807, 2.05) is 13.1 Å². The van der Waals surface area contributed by atoms with Crippen molar-refractivity contribution in [3.8, 4) is 0 Å². The highest BCUT2D eigenvalue weighted by atomic mass is 16.5. The minimum atomic E-state index is -0.495. The molecular weight excluding hydrogens is 286 g/mol. The van der Waals surface area contributed by atoms with E-state index in [1.54, 1.807) is 31.9 Å². The SMILES string of the molecule is CCOC(=O)c1cc(C(=O)N(C)Cc2ccnn2C)nn1C. The number of rotatable bonds is 5. The molecule has 0 bridgehead atoms. The fraction of sp³-hybridized carbons (Fsp3) is 0.429. The first-order valence-electron chi connectivity index (χ1n) is 6.87. The molecule has 0 fully saturated rings. The van der Waals surface area contributed by atoms with E-state index >= 15 is 0 Å². The zero-order valence-electron chi connectivity index (χ0n) is 13.1. The molecule has 22 heavy (non-hydrogen) atoms. The quantitative estimate of drug-likeness (QED) is 0.756. The van der Waals surface area contributed by atoms with Crippen molar-refractivity contribution in [1.29, 1.82) is 0 Å². The first-order chi connectivity index (χ1) is 10.4. The van der Waals surface area contributed by atoms with Gasteiger partial charge in [0.1, 0.15) is 5.69 Å². The van der Waals surface area contributed by atoms with Crippen LogP contribution >= 0.6 is 0 Å². The van der Waals surface area contributed by atoms with E-state index in [0.29, 0.717) is 6.54 Å². The second kappa shape index (κ2) is 6.42. The molecule has 2 heterocycles. The predicted molar refractivity (Wildman–Crippen MR) is 78.2 cm³/mol. The van der Waals surface area contributed by atoms with Crippen LogP contribution in [0.3, 0.4) is 0 Å². The van der Waals surface area contributed by atoms with E-state index in [1.165, 1.54) is 15.6 Å². The van der Waals surface area contributed by atoms with Gasteiger partial charge < -0.3 is 9.64 Å². The van der Waals surface area contributed by atoms with Crippen LogP contribution in [0.1, 0.15) is 33.6 Å². The smallest absolute Gasteiger partial charge is 0.356 e. The van der Waals surface area contributed by atoms with E-state index in [4.69, 9.17) is 4.74 Å². The van der Waals surface area contributed by atoms with Gasteiger partial charge in [-0.3, -0.25) is 14.2 Å². The van der Waals surface area contributed by atoms with Crippen molar-refractivity contribution in [2.24, 2.45) is 14.1 Å². The van der Waals surface area contributed by atoms with Gasteiger partial charge in [-0.05, 0) is 13.0 Å². The Hall–Kier alpha value is -2.64. The lowest BCUT2D eigenvalue weighted by molar-refractivity contribution is 0.0513. The van der Waals surface area contributed by atoms with Crippen molar-refractivity contribution < 1.29 is 14.3 Å². The number of carbonyl (C=O) groups is 2. The van der Waals surface area contributed by atoms with Crippen molar-refractivity contribution in [2.75, 3.05) is 13.7 Å². The van der Waals surface area contributed by atoms with Gasteiger partial charge in [-0.25, -0.2) is 4.79 Å². The van der Waals surface area contributed by atoms with Gasteiger partial charge in [0.15, 0.2) is 5.69 Å². The molecule has 2 aromatic rings. The number of esters is 1. The highest BCUT2D eigenvalue weighted by Gasteiger charge is 2.21. The van der Waals surface area contributed by atoms with Gasteiger partial charge in [-0.15, -0.1) is 0 Å². The third-order valence-electron chi connectivity index (χ3n) is 3.25. The number of aryl methyl sites for hydroxylation is 2. The first-order valence-corrected chi connectivity index (χ1v) is 6.87. The topological polar surface area (TPSA) is 82.2 Å². The van der Waals surface area contributed by atoms with E-state index in [-0.39, 0.29) is 23.9 Å². The summed E-state index contributed by atoms with van der Waals surface area (Å²) in [7, 11) is 5.09. The van der Waals surface area contributed by atoms with Crippen LogP contribution in [0.5, 0.6) is 0 Å². The van der Waals surface area contributed by atoms with Crippen LogP contribution in [0.15, 0.2) is 18.3 Å². The van der Waals surface area contributed by atoms with E-state index in [2.05, 4.69) is 10.2 Å². The maximum Gasteiger partial charge on any atom is 0.356 e. The number of hydrogen-bond donors (Lipinski definition) is 0. The average Bonchev–Trinajstić information content (AvgIpc) is 3.05. The summed E-state index contributed by atoms with van der Waals surface area (Å²) >= 11 is 0. The largest absolute Gasteiger partial charge is 0.461 e. The molecule has 118 valence electrons. The lowest BCUT2D eigenvalue weighted by Gasteiger charge is -2.15. The van der Waals surface area contributed by atoms with Gasteiger partial charge in [0.2, 0.25) is 0 Å². The molecule has 0 aliphatic heterocycles. The van der Waals surface area contributed by atoms with Crippen molar-refractivity contribution >= 4 is 11.9 Å². The van der Waals surface area contributed by atoms with Crippen LogP contribution in [-0.2, 0) is 25.4 Å². The molecule has 1 amide bonds. The molecule has 0 atom stereocenters. The Bertz CT molecular complexity index is 688. The van der Waals surface area contributed by atoms with Crippen molar-refractivity contribution in [2.45, 2.75) is 13.5 Å². The number of aromatic nitrogens is 4. The van der Waals surface area contributed by atoms with E-state index < -0.39 is 5.97 Å². The minimum Gasteiger partial charge on any atom is -0.461 e. The lowest BCUT2D eigenvalue weighted by atomic mass is 10.3. The highest BCUT2D eigenvalue weighted by Crippen LogP contribution is 2.10. The van der Waals surface area contributed by atoms with Crippen LogP contribution in [-0.4, -0.2) is 50.0 Å². The Morgan fingerprint density at radius 1 is 1.32 bits per heavy atom. The van der Waals surface area contributed by atoms with Crippen molar-refractivity contribution in [3.63, 3.8) is 0 Å². The molecule has 0 aliphatic carbocycles. The molecule has 2 aromatic heterocycles. The number of nitrogens with zero attached hydrogens (tertiary/aromatic N) is 5. The molecule has 0 aliphatic rings. The third-order valence-corrected chi connectivity index (χ3v) is 3.25. The van der Waals surface area contributed by atoms with Crippen LogP contribution in [0, 0.1) is 0 Å². The third kappa shape index (κ3) is 3.16. The number of hydrogen-bond acceptors (Lipinski definition) is 5. The molecule has 0 saturated heterocycles. The summed E-state index contributed by atoms with van der Waals surface area (Å²) < 4.78 is 7.98. The Morgan fingerprint density at radius 3 is 2.64 bits per heavy atom. The summed E-state index contributed by atoms with van der Waals surface area (Å²) in [6, 6.07) is 3.28. The molecule has 0 radical (unpaired) electrons. The molecule has 8 heteroatoms. The number of carbonyl (C=O) groups excluding carboxylic acids is 2. The van der Waals surface area contributed by atoms with Crippen LogP contribution in [0.25, 0.3) is 0 Å². The van der Waals surface area contributed by atoms with E-state index in [9.17, 15) is 9.59 Å². The molecule has 8 nitrogen and oxygen atoms in total. The molecular formula is C14H19N5O3. The highest BCUT2D eigenvalue weighted by molar-refractivity contribution is 5.95. The Balaban J connectivity index is 2.14. The second-order valence-corrected chi connectivity index (χ2v) is 4.87. The van der Waals surface area contributed by atoms with Crippen LogP contribution in [0.4, 0.5) is 0 Å². The van der Waals surface area contributed by atoms with Gasteiger partial charge in [0, 0.05) is 33.4 Å². The monoisotopic (exact) mass is 305 g/mol. The van der Waals surface area contributed by atoms with Gasteiger partial charge in [-0.1, -0.05) is 0 Å². The van der Waals surface area contributed by atoms with Crippen LogP contribution in [0.2, 0.25) is 0 Å². The first kappa shape index (κ1) is 15.7. The maximum absolute atomic E-state index is 12.4. The number of ether oxygens (including phenoxy) is 1. The fourth-order valence-corrected chi connectivity index (χ4v) is 2.03. The minimum absolute atomic E-state index is 0.204. The standard InChI is InChI=1S/C14H19N5O3/c1-5-22-14(21)12-8-11(16-19(12)4)13(20)17(2)9-10-6-7-15-18(10)3/h6-8H,5,9H2,1-4H3. The Labute approximate surface area is 128 Å². The Morgan fingerprint density at radius 2 is 2.05 bits per heavy atom. The molecule has 0 spiro atoms. The summed E-state index contributed by atoms with van der Waals surface area (Å²) in [5.41, 5.74) is 1.35. The predicted octanol–water partition coefficient (Wildman–Crippen LogP) is 0.602. The summed E-state index contributed by atoms with van der Waals surface area (Å²) in [5.74, 6) is -0.766. The summed E-state index contributed by atoms with van der Waals surface area (Å²) in [6.07, 6.45) is 1.67. The fourth-order valence-electron chi connectivity index (χ4n) is 2.03. The second-order valence-electron chi connectivity index (χ2n) is 4.87. The van der Waals surface area contributed by atoms with Gasteiger partial charge in [0.05, 0.1) is 18.8 Å². The van der Waals surface area contributed by atoms with Crippen LogP contribution < -0.4 is 0 Å². The van der Waals surface area contributed by atoms with Crippen molar-refractivity contribution in [1.82, 2.24) is 24.5 Å². The summed E-state index contributed by atoms with van der Waals surface area (Å²) in [4.78, 5) is 25.7. The molecule has 0 N–H and O–H groups in total. The van der Waals surface area contributed by atoms with E-state index in [0.717, 1.165) is 5.69 Å². The average molecular weight is 305 g/mol. The van der Waals surface area contributed by atoms with Gasteiger partial charge in [-0.2, -0.15) is 10.2 Å². The molecule has 0 saturated carbocycles. The molecule has 0 aromatic carbocycles. The summed E-state index contributed by atoms with van der Waals surface area (Å²) in [5, 5.41) is 8.15.